The molecule has 272 valence electrons. The number of hydrogen-bond acceptors (Lipinski definition) is 10. The molecule has 0 bridgehead atoms. The predicted octanol–water partition coefficient (Wildman–Crippen LogP) is 4.12. The molecule has 6 rings (SSSR count). The Balaban J connectivity index is 1.29. The number of benzene rings is 1. The molecule has 3 fully saturated rings. The van der Waals surface area contributed by atoms with E-state index in [-0.39, 0.29) is 25.5 Å². The van der Waals surface area contributed by atoms with Gasteiger partial charge in [0, 0.05) is 17.4 Å². The average Bonchev–Trinajstić information content (AvgIpc) is 3.83. The van der Waals surface area contributed by atoms with Crippen molar-refractivity contribution >= 4 is 56.5 Å². The zero-order valence-electron chi connectivity index (χ0n) is 28.6. The Labute approximate surface area is 296 Å². The first kappa shape index (κ1) is 36.0. The van der Waals surface area contributed by atoms with Crippen LogP contribution in [-0.4, -0.2) is 82.7 Å². The van der Waals surface area contributed by atoms with Crippen molar-refractivity contribution in [2.75, 3.05) is 6.54 Å². The molecule has 2 aliphatic heterocycles. The van der Waals surface area contributed by atoms with Crippen LogP contribution in [0.15, 0.2) is 34.8 Å². The molecule has 1 saturated heterocycles. The van der Waals surface area contributed by atoms with E-state index in [1.165, 1.54) is 4.90 Å². The molecule has 1 aromatic heterocycles. The normalized spacial score (nSPS) is 29.0. The van der Waals surface area contributed by atoms with E-state index in [2.05, 4.69) is 20.3 Å². The number of alkyl carbamates (subject to hydrolysis) is 1. The van der Waals surface area contributed by atoms with Crippen LogP contribution in [0.2, 0.25) is 5.02 Å². The standard InChI is InChI=1S/C34H44ClN5O9S/c1-32(2,3)49-30(44)36-23-11-9-7-5-6-8-10-20-18-34(20,29(43)39-50(45,46)33(4)14-15-33)38-27(41)25-17-22(19-40(25)28(23)42)47-31-37-24-16-21(35)12-13-26(24)48-31/h8,10,12-13,16,20,22-23,25H,5-7,9,11,14-15,17-19H2,1-4H3,(H,36,44)(H,38,41)(H,39,43)/b10-8-/t20-,22-,23+,25+,34-/m1/s1. The maximum atomic E-state index is 14.3. The molecule has 4 amide bonds. The van der Waals surface area contributed by atoms with Crippen molar-refractivity contribution in [3.63, 3.8) is 0 Å². The van der Waals surface area contributed by atoms with Crippen molar-refractivity contribution in [1.29, 1.82) is 0 Å². The number of halogens is 1. The topological polar surface area (TPSA) is 186 Å². The molecular formula is C34H44ClN5O9S. The first-order valence-corrected chi connectivity index (χ1v) is 18.9. The highest BCUT2D eigenvalue weighted by Gasteiger charge is 2.63. The third-order valence-corrected chi connectivity index (χ3v) is 12.2. The lowest BCUT2D eigenvalue weighted by molar-refractivity contribution is -0.141. The summed E-state index contributed by atoms with van der Waals surface area (Å²) >= 11 is 6.10. The fourth-order valence-corrected chi connectivity index (χ4v) is 7.95. The number of oxazole rings is 1. The maximum absolute atomic E-state index is 14.3. The van der Waals surface area contributed by atoms with Gasteiger partial charge in [0.05, 0.1) is 11.3 Å². The molecule has 1 aromatic carbocycles. The van der Waals surface area contributed by atoms with E-state index in [0.717, 1.165) is 12.8 Å². The Morgan fingerprint density at radius 1 is 1.16 bits per heavy atom. The van der Waals surface area contributed by atoms with E-state index in [4.69, 9.17) is 25.5 Å². The lowest BCUT2D eigenvalue weighted by atomic mass is 10.0. The number of carbonyl (C=O) groups is 4. The van der Waals surface area contributed by atoms with Crippen molar-refractivity contribution < 1.29 is 41.5 Å². The number of rotatable bonds is 6. The predicted molar refractivity (Wildman–Crippen MR) is 183 cm³/mol. The fraction of sp³-hybridized carbons (Fsp3) is 0.618. The van der Waals surface area contributed by atoms with E-state index in [0.29, 0.717) is 48.2 Å². The van der Waals surface area contributed by atoms with Crippen LogP contribution in [0.5, 0.6) is 6.08 Å². The van der Waals surface area contributed by atoms with Gasteiger partial charge in [0.1, 0.15) is 34.8 Å². The molecule has 0 radical (unpaired) electrons. The molecule has 50 heavy (non-hydrogen) atoms. The quantitative estimate of drug-likeness (QED) is 0.365. The Morgan fingerprint density at radius 3 is 2.64 bits per heavy atom. The maximum Gasteiger partial charge on any atom is 0.408 e. The minimum Gasteiger partial charge on any atom is -0.445 e. The average molecular weight is 734 g/mol. The van der Waals surface area contributed by atoms with Crippen LogP contribution in [0.3, 0.4) is 0 Å². The van der Waals surface area contributed by atoms with Gasteiger partial charge in [-0.2, -0.15) is 4.98 Å². The first-order chi connectivity index (χ1) is 23.5. The van der Waals surface area contributed by atoms with Crippen LogP contribution < -0.4 is 20.1 Å². The van der Waals surface area contributed by atoms with Gasteiger partial charge in [-0.3, -0.25) is 19.1 Å². The fourth-order valence-electron chi connectivity index (χ4n) is 6.47. The summed E-state index contributed by atoms with van der Waals surface area (Å²) in [4.78, 5) is 60.8. The van der Waals surface area contributed by atoms with Crippen LogP contribution in [-0.2, 0) is 29.1 Å². The second-order valence-electron chi connectivity index (χ2n) is 15.0. The van der Waals surface area contributed by atoms with E-state index in [1.54, 1.807) is 45.9 Å². The van der Waals surface area contributed by atoms with Crippen molar-refractivity contribution in [2.24, 2.45) is 5.92 Å². The van der Waals surface area contributed by atoms with E-state index in [1.807, 2.05) is 12.2 Å². The number of nitrogens with one attached hydrogen (secondary N) is 3. The molecule has 3 heterocycles. The molecule has 3 N–H and O–H groups in total. The first-order valence-electron chi connectivity index (χ1n) is 17.1. The third kappa shape index (κ3) is 7.73. The van der Waals surface area contributed by atoms with Gasteiger partial charge in [-0.1, -0.05) is 36.6 Å². The number of allylic oxidation sites excluding steroid dienone is 1. The van der Waals surface area contributed by atoms with Gasteiger partial charge in [0.15, 0.2) is 5.58 Å². The summed E-state index contributed by atoms with van der Waals surface area (Å²) in [5, 5.41) is 6.01. The minimum absolute atomic E-state index is 0.00475. The lowest BCUT2D eigenvalue weighted by Crippen LogP contribution is -2.58. The zero-order valence-corrected chi connectivity index (χ0v) is 30.2. The second-order valence-corrected chi connectivity index (χ2v) is 17.6. The number of fused-ring (bicyclic) bond motifs is 3. The van der Waals surface area contributed by atoms with Crippen LogP contribution in [0, 0.1) is 5.92 Å². The summed E-state index contributed by atoms with van der Waals surface area (Å²) in [7, 11) is -3.98. The van der Waals surface area contributed by atoms with E-state index >= 15 is 0 Å². The minimum atomic E-state index is -3.98. The zero-order chi connectivity index (χ0) is 36.1. The lowest BCUT2D eigenvalue weighted by Gasteiger charge is -2.30. The second kappa shape index (κ2) is 13.4. The number of nitrogens with zero attached hydrogens (tertiary/aromatic N) is 2. The number of carbonyl (C=O) groups excluding carboxylic acids is 4. The Morgan fingerprint density at radius 2 is 1.92 bits per heavy atom. The summed E-state index contributed by atoms with van der Waals surface area (Å²) in [6, 6.07) is 2.77. The molecule has 2 aliphatic carbocycles. The molecule has 2 saturated carbocycles. The van der Waals surface area contributed by atoms with Crippen molar-refractivity contribution in [2.45, 2.75) is 120 Å². The molecular weight excluding hydrogens is 690 g/mol. The highest BCUT2D eigenvalue weighted by molar-refractivity contribution is 7.91. The monoisotopic (exact) mass is 733 g/mol. The molecule has 16 heteroatoms. The van der Waals surface area contributed by atoms with Crippen LogP contribution in [0.4, 0.5) is 4.79 Å². The number of sulfonamides is 1. The highest BCUT2D eigenvalue weighted by atomic mass is 35.5. The number of aromatic nitrogens is 1. The van der Waals surface area contributed by atoms with E-state index < -0.39 is 73.8 Å². The van der Waals surface area contributed by atoms with Gasteiger partial charge in [-0.05, 0) is 84.4 Å². The van der Waals surface area contributed by atoms with E-state index in [9.17, 15) is 27.6 Å². The molecule has 5 atom stereocenters. The molecule has 14 nitrogen and oxygen atoms in total. The molecule has 0 unspecified atom stereocenters. The summed E-state index contributed by atoms with van der Waals surface area (Å²) in [5.41, 5.74) is -1.43. The largest absolute Gasteiger partial charge is 0.445 e. The number of hydrogen-bond donors (Lipinski definition) is 3. The van der Waals surface area contributed by atoms with Gasteiger partial charge in [0.2, 0.25) is 21.8 Å². The molecule has 0 spiro atoms. The van der Waals surface area contributed by atoms with Gasteiger partial charge in [0.25, 0.3) is 5.91 Å². The van der Waals surface area contributed by atoms with Crippen LogP contribution in [0.25, 0.3) is 11.1 Å². The van der Waals surface area contributed by atoms with Crippen molar-refractivity contribution in [3.05, 3.63) is 35.4 Å². The van der Waals surface area contributed by atoms with Crippen molar-refractivity contribution in [1.82, 2.24) is 25.2 Å². The highest BCUT2D eigenvalue weighted by Crippen LogP contribution is 2.47. The van der Waals surface area contributed by atoms with Gasteiger partial charge in [-0.15, -0.1) is 0 Å². The van der Waals surface area contributed by atoms with Gasteiger partial charge >= 0.3 is 12.2 Å². The van der Waals surface area contributed by atoms with Crippen molar-refractivity contribution in [3.8, 4) is 6.08 Å². The summed E-state index contributed by atoms with van der Waals surface area (Å²) < 4.78 is 44.6. The van der Waals surface area contributed by atoms with Gasteiger partial charge < -0.3 is 29.4 Å². The summed E-state index contributed by atoms with van der Waals surface area (Å²) in [6.45, 7) is 6.67. The molecule has 2 aromatic rings. The summed E-state index contributed by atoms with van der Waals surface area (Å²) in [6.07, 6.45) is 6.40. The van der Waals surface area contributed by atoms with Crippen LogP contribution in [0.1, 0.15) is 85.5 Å². The number of amides is 4. The summed E-state index contributed by atoms with van der Waals surface area (Å²) in [5.74, 6) is -2.42. The Kier molecular flexibility index (Phi) is 9.61. The number of ether oxygens (including phenoxy) is 2. The van der Waals surface area contributed by atoms with Crippen LogP contribution >= 0.6 is 11.6 Å². The Bertz CT molecular complexity index is 1820. The van der Waals surface area contributed by atoms with Gasteiger partial charge in [-0.25, -0.2) is 13.2 Å². The smallest absolute Gasteiger partial charge is 0.408 e. The molecule has 4 aliphatic rings. The Hall–Kier alpha value is -3.85. The third-order valence-electron chi connectivity index (χ3n) is 9.76. The SMILES string of the molecule is CC(C)(C)OC(=O)N[C@H]1CCCCC/C=C\[C@@H]2C[C@@]2(C(=O)NS(=O)(=O)C2(C)CC2)NC(=O)[C@@H]2C[C@@H](Oc3nc4cc(Cl)ccc4o3)CN2C1=O.